The quantitative estimate of drug-likeness (QED) is 0.612. The summed E-state index contributed by atoms with van der Waals surface area (Å²) in [5.74, 6) is 0. The molecule has 0 unspecified atom stereocenters. The molecule has 0 fully saturated rings. The molecule has 20 heavy (non-hydrogen) atoms. The Kier molecular flexibility index (Phi) is 3.41. The standard InChI is InChI=1S/C18H17NS/c1-12(11-19)7-9-14-13(2)8-10-16-15-5-3-4-6-17(15)20-18(14)16/h3-8,10-11,19H,9H2,1-2H3/b12-7-,19-11?. The van der Waals surface area contributed by atoms with Gasteiger partial charge in [-0.15, -0.1) is 11.3 Å². The molecule has 1 nitrogen and oxygen atoms in total. The lowest BCUT2D eigenvalue weighted by Crippen LogP contribution is -1.89. The normalized spacial score (nSPS) is 12.2. The average Bonchev–Trinajstić information content (AvgIpc) is 2.84. The van der Waals surface area contributed by atoms with Gasteiger partial charge in [-0.2, -0.15) is 0 Å². The second-order valence-electron chi connectivity index (χ2n) is 5.13. The van der Waals surface area contributed by atoms with Crippen LogP contribution in [0.4, 0.5) is 0 Å². The molecule has 0 radical (unpaired) electrons. The van der Waals surface area contributed by atoms with Gasteiger partial charge >= 0.3 is 0 Å². The first kappa shape index (κ1) is 13.1. The molecule has 1 N–H and O–H groups in total. The highest BCUT2D eigenvalue weighted by atomic mass is 32.1. The number of hydrogen-bond donors (Lipinski definition) is 1. The lowest BCUT2D eigenvalue weighted by Gasteiger charge is -2.05. The smallest absolute Gasteiger partial charge is 0.0393 e. The zero-order valence-corrected chi connectivity index (χ0v) is 12.6. The van der Waals surface area contributed by atoms with Crippen LogP contribution in [-0.2, 0) is 6.42 Å². The van der Waals surface area contributed by atoms with Crippen LogP contribution < -0.4 is 0 Å². The van der Waals surface area contributed by atoms with E-state index in [1.807, 2.05) is 18.3 Å². The Hall–Kier alpha value is -1.93. The predicted molar refractivity (Wildman–Crippen MR) is 90.3 cm³/mol. The van der Waals surface area contributed by atoms with Crippen LogP contribution in [-0.4, -0.2) is 6.21 Å². The summed E-state index contributed by atoms with van der Waals surface area (Å²) in [6.45, 7) is 4.15. The van der Waals surface area contributed by atoms with Crippen molar-refractivity contribution in [3.8, 4) is 0 Å². The van der Waals surface area contributed by atoms with Crippen molar-refractivity contribution in [2.45, 2.75) is 20.3 Å². The molecule has 0 bridgehead atoms. The third-order valence-electron chi connectivity index (χ3n) is 3.74. The van der Waals surface area contributed by atoms with Crippen LogP contribution in [0.1, 0.15) is 18.1 Å². The van der Waals surface area contributed by atoms with Crippen molar-refractivity contribution in [2.75, 3.05) is 0 Å². The van der Waals surface area contributed by atoms with Gasteiger partial charge in [0.2, 0.25) is 0 Å². The van der Waals surface area contributed by atoms with E-state index in [4.69, 9.17) is 5.41 Å². The largest absolute Gasteiger partial charge is 0.308 e. The molecule has 2 aromatic carbocycles. The van der Waals surface area contributed by atoms with Crippen molar-refractivity contribution in [3.05, 3.63) is 59.2 Å². The van der Waals surface area contributed by atoms with Crippen molar-refractivity contribution in [2.24, 2.45) is 0 Å². The minimum absolute atomic E-state index is 0.900. The van der Waals surface area contributed by atoms with Crippen LogP contribution in [0.5, 0.6) is 0 Å². The van der Waals surface area contributed by atoms with E-state index in [1.54, 1.807) is 0 Å². The highest BCUT2D eigenvalue weighted by Crippen LogP contribution is 2.37. The molecule has 0 saturated heterocycles. The Morgan fingerprint density at radius 1 is 1.15 bits per heavy atom. The third-order valence-corrected chi connectivity index (χ3v) is 4.99. The molecule has 0 spiro atoms. The second kappa shape index (κ2) is 5.22. The van der Waals surface area contributed by atoms with Gasteiger partial charge in [0, 0.05) is 26.4 Å². The van der Waals surface area contributed by atoms with Crippen LogP contribution in [0, 0.1) is 12.3 Å². The fraction of sp³-hybridized carbons (Fsp3) is 0.167. The average molecular weight is 279 g/mol. The van der Waals surface area contributed by atoms with Crippen LogP contribution in [0.25, 0.3) is 20.2 Å². The van der Waals surface area contributed by atoms with E-state index in [0.717, 1.165) is 12.0 Å². The van der Waals surface area contributed by atoms with E-state index in [9.17, 15) is 0 Å². The molecule has 0 amide bonds. The molecule has 0 aliphatic rings. The van der Waals surface area contributed by atoms with Gasteiger partial charge in [0.25, 0.3) is 0 Å². The van der Waals surface area contributed by atoms with Gasteiger partial charge in [0.05, 0.1) is 0 Å². The molecule has 3 aromatic rings. The van der Waals surface area contributed by atoms with Crippen LogP contribution in [0.2, 0.25) is 0 Å². The molecule has 1 aromatic heterocycles. The molecule has 3 rings (SSSR count). The summed E-state index contributed by atoms with van der Waals surface area (Å²) in [5.41, 5.74) is 3.74. The highest BCUT2D eigenvalue weighted by Gasteiger charge is 2.09. The first-order valence-corrected chi connectivity index (χ1v) is 7.59. The second-order valence-corrected chi connectivity index (χ2v) is 6.18. The highest BCUT2D eigenvalue weighted by molar-refractivity contribution is 7.26. The van der Waals surface area contributed by atoms with Gasteiger partial charge in [-0.25, -0.2) is 0 Å². The van der Waals surface area contributed by atoms with Crippen LogP contribution >= 0.6 is 11.3 Å². The predicted octanol–water partition coefficient (Wildman–Crippen LogP) is 5.50. The van der Waals surface area contributed by atoms with Crippen molar-refractivity contribution < 1.29 is 0 Å². The molecule has 0 aliphatic heterocycles. The van der Waals surface area contributed by atoms with E-state index in [1.165, 1.54) is 37.5 Å². The summed E-state index contributed by atoms with van der Waals surface area (Å²) in [4.78, 5) is 0. The fourth-order valence-corrected chi connectivity index (χ4v) is 3.83. The van der Waals surface area contributed by atoms with Gasteiger partial charge in [0.1, 0.15) is 0 Å². The van der Waals surface area contributed by atoms with Gasteiger partial charge in [0.15, 0.2) is 0 Å². The molecule has 0 saturated carbocycles. The summed E-state index contributed by atoms with van der Waals surface area (Å²) in [5, 5.41) is 9.99. The van der Waals surface area contributed by atoms with Gasteiger partial charge in [-0.1, -0.05) is 36.4 Å². The lowest BCUT2D eigenvalue weighted by molar-refractivity contribution is 1.23. The lowest BCUT2D eigenvalue weighted by atomic mass is 10.0. The minimum Gasteiger partial charge on any atom is -0.308 e. The summed E-state index contributed by atoms with van der Waals surface area (Å²) in [6, 6.07) is 13.0. The number of benzene rings is 2. The van der Waals surface area contributed by atoms with Crippen molar-refractivity contribution >= 4 is 37.7 Å². The third kappa shape index (κ3) is 2.16. The molecular weight excluding hydrogens is 262 g/mol. The molecular formula is C18H17NS. The van der Waals surface area contributed by atoms with Gasteiger partial charge in [-0.3, -0.25) is 0 Å². The maximum absolute atomic E-state index is 7.29. The van der Waals surface area contributed by atoms with E-state index >= 15 is 0 Å². The number of aryl methyl sites for hydroxylation is 1. The van der Waals surface area contributed by atoms with Crippen molar-refractivity contribution in [1.82, 2.24) is 0 Å². The Balaban J connectivity index is 2.24. The molecule has 100 valence electrons. The number of nitrogens with one attached hydrogen (secondary N) is 1. The van der Waals surface area contributed by atoms with E-state index in [-0.39, 0.29) is 0 Å². The number of allylic oxidation sites excluding steroid dienone is 2. The topological polar surface area (TPSA) is 23.9 Å². The SMILES string of the molecule is C/C(C=N)=C/Cc1c(C)ccc2c1sc1ccccc12. The summed E-state index contributed by atoms with van der Waals surface area (Å²) in [7, 11) is 0. The van der Waals surface area contributed by atoms with Crippen LogP contribution in [0.3, 0.4) is 0 Å². The molecule has 1 heterocycles. The van der Waals surface area contributed by atoms with Gasteiger partial charge in [-0.05, 0) is 43.0 Å². The monoisotopic (exact) mass is 279 g/mol. The van der Waals surface area contributed by atoms with Crippen LogP contribution in [0.15, 0.2) is 48.0 Å². The zero-order valence-electron chi connectivity index (χ0n) is 11.7. The van der Waals surface area contributed by atoms with E-state index in [0.29, 0.717) is 0 Å². The Bertz CT molecular complexity index is 824. The summed E-state index contributed by atoms with van der Waals surface area (Å²) < 4.78 is 2.74. The maximum atomic E-state index is 7.29. The van der Waals surface area contributed by atoms with Crippen molar-refractivity contribution in [1.29, 1.82) is 5.41 Å². The number of fused-ring (bicyclic) bond motifs is 3. The van der Waals surface area contributed by atoms with E-state index < -0.39 is 0 Å². The first-order chi connectivity index (χ1) is 9.70. The van der Waals surface area contributed by atoms with Gasteiger partial charge < -0.3 is 5.41 Å². The zero-order chi connectivity index (χ0) is 14.1. The number of hydrogen-bond acceptors (Lipinski definition) is 2. The Morgan fingerprint density at radius 2 is 1.95 bits per heavy atom. The summed E-state index contributed by atoms with van der Waals surface area (Å²) >= 11 is 1.88. The molecule has 2 heteroatoms. The maximum Gasteiger partial charge on any atom is 0.0393 e. The summed E-state index contributed by atoms with van der Waals surface area (Å²) in [6.07, 6.45) is 4.46. The number of rotatable bonds is 3. The Labute approximate surface area is 123 Å². The minimum atomic E-state index is 0.900. The number of thiophene rings is 1. The van der Waals surface area contributed by atoms with Crippen molar-refractivity contribution in [3.63, 3.8) is 0 Å². The fourth-order valence-electron chi connectivity index (χ4n) is 2.52. The Morgan fingerprint density at radius 3 is 2.75 bits per heavy atom. The van der Waals surface area contributed by atoms with E-state index in [2.05, 4.69) is 49.4 Å². The first-order valence-electron chi connectivity index (χ1n) is 6.77. The molecule has 0 aliphatic carbocycles. The molecule has 0 atom stereocenters.